The quantitative estimate of drug-likeness (QED) is 0.470. The van der Waals surface area contributed by atoms with E-state index in [2.05, 4.69) is 34.9 Å². The van der Waals surface area contributed by atoms with Crippen LogP contribution in [-0.4, -0.2) is 52.8 Å². The number of benzene rings is 2. The Kier molecular flexibility index (Phi) is 8.00. The van der Waals surface area contributed by atoms with E-state index in [1.165, 1.54) is 11.1 Å². The number of amides is 2. The summed E-state index contributed by atoms with van der Waals surface area (Å²) >= 11 is 1.78. The molecular formula is C27H32N2O5S. The van der Waals surface area contributed by atoms with Gasteiger partial charge in [0.15, 0.2) is 0 Å². The number of hydrogen-bond donors (Lipinski definition) is 3. The number of nitrogens with one attached hydrogen (secondary N) is 2. The zero-order valence-electron chi connectivity index (χ0n) is 19.9. The number of carboxylic acids is 1. The van der Waals surface area contributed by atoms with E-state index in [1.807, 2.05) is 31.2 Å². The molecule has 1 aliphatic carbocycles. The van der Waals surface area contributed by atoms with Gasteiger partial charge < -0.3 is 20.5 Å². The van der Waals surface area contributed by atoms with Crippen molar-refractivity contribution in [3.8, 4) is 11.1 Å². The van der Waals surface area contributed by atoms with Crippen molar-refractivity contribution in [1.82, 2.24) is 10.6 Å². The maximum absolute atomic E-state index is 12.6. The molecule has 2 aromatic carbocycles. The van der Waals surface area contributed by atoms with Crippen molar-refractivity contribution in [2.75, 3.05) is 18.1 Å². The molecule has 2 amide bonds. The summed E-state index contributed by atoms with van der Waals surface area (Å²) in [4.78, 5) is 36.3. The lowest BCUT2D eigenvalue weighted by Crippen LogP contribution is -2.52. The fraction of sp³-hybridized carbons (Fsp3) is 0.444. The van der Waals surface area contributed by atoms with Crippen LogP contribution in [0, 0.1) is 0 Å². The summed E-state index contributed by atoms with van der Waals surface area (Å²) < 4.78 is 5.58. The summed E-state index contributed by atoms with van der Waals surface area (Å²) in [5, 5.41) is 15.1. The molecule has 1 unspecified atom stereocenters. The Labute approximate surface area is 210 Å². The van der Waals surface area contributed by atoms with Gasteiger partial charge in [0, 0.05) is 18.4 Å². The van der Waals surface area contributed by atoms with E-state index >= 15 is 0 Å². The van der Waals surface area contributed by atoms with Gasteiger partial charge in [-0.1, -0.05) is 48.5 Å². The average molecular weight is 497 g/mol. The first-order valence-corrected chi connectivity index (χ1v) is 13.2. The van der Waals surface area contributed by atoms with E-state index in [-0.39, 0.29) is 37.3 Å². The van der Waals surface area contributed by atoms with Crippen molar-refractivity contribution in [3.63, 3.8) is 0 Å². The van der Waals surface area contributed by atoms with Crippen molar-refractivity contribution in [2.24, 2.45) is 0 Å². The molecule has 1 aliphatic heterocycles. The van der Waals surface area contributed by atoms with Crippen molar-refractivity contribution in [3.05, 3.63) is 59.7 Å². The Morgan fingerprint density at radius 2 is 1.66 bits per heavy atom. The molecule has 1 atom stereocenters. The van der Waals surface area contributed by atoms with Crippen LogP contribution in [0.4, 0.5) is 4.79 Å². The minimum atomic E-state index is -0.900. The summed E-state index contributed by atoms with van der Waals surface area (Å²) in [7, 11) is 0. The maximum Gasteiger partial charge on any atom is 0.407 e. The number of rotatable bonds is 9. The first-order valence-electron chi connectivity index (χ1n) is 12.1. The number of ether oxygens (including phenoxy) is 1. The predicted molar refractivity (Wildman–Crippen MR) is 137 cm³/mol. The molecule has 2 aromatic rings. The number of carbonyl (C=O) groups is 3. The summed E-state index contributed by atoms with van der Waals surface area (Å²) in [6.07, 6.45) is 1.39. The molecule has 1 fully saturated rings. The average Bonchev–Trinajstić information content (AvgIpc) is 3.15. The summed E-state index contributed by atoms with van der Waals surface area (Å²) in [6.45, 7) is 2.07. The van der Waals surface area contributed by atoms with Crippen molar-refractivity contribution < 1.29 is 24.2 Å². The fourth-order valence-corrected chi connectivity index (χ4v) is 6.29. The zero-order valence-corrected chi connectivity index (χ0v) is 20.7. The molecular weight excluding hydrogens is 464 g/mol. The third kappa shape index (κ3) is 6.17. The Morgan fingerprint density at radius 3 is 2.26 bits per heavy atom. The van der Waals surface area contributed by atoms with E-state index < -0.39 is 17.6 Å². The Balaban J connectivity index is 1.25. The van der Waals surface area contributed by atoms with Crippen molar-refractivity contribution in [1.29, 1.82) is 0 Å². The first kappa shape index (κ1) is 25.1. The molecule has 0 aromatic heterocycles. The van der Waals surface area contributed by atoms with Gasteiger partial charge in [-0.3, -0.25) is 9.59 Å². The smallest absolute Gasteiger partial charge is 0.407 e. The number of aliphatic carboxylic acids is 1. The number of alkyl carbamates (subject to hydrolysis) is 1. The zero-order chi connectivity index (χ0) is 24.8. The van der Waals surface area contributed by atoms with Crippen LogP contribution in [0.5, 0.6) is 0 Å². The molecule has 35 heavy (non-hydrogen) atoms. The molecule has 7 nitrogen and oxygen atoms in total. The van der Waals surface area contributed by atoms with E-state index in [1.54, 1.807) is 11.8 Å². The van der Waals surface area contributed by atoms with Crippen LogP contribution in [-0.2, 0) is 14.3 Å². The lowest BCUT2D eigenvalue weighted by molar-refractivity contribution is -0.139. The lowest BCUT2D eigenvalue weighted by Gasteiger charge is -2.36. The number of thioether (sulfide) groups is 1. The van der Waals surface area contributed by atoms with E-state index in [0.717, 1.165) is 22.6 Å². The lowest BCUT2D eigenvalue weighted by atomic mass is 9.88. The van der Waals surface area contributed by atoms with Crippen molar-refractivity contribution >= 4 is 29.7 Å². The van der Waals surface area contributed by atoms with E-state index in [9.17, 15) is 19.5 Å². The van der Waals surface area contributed by atoms with Gasteiger partial charge in [0.1, 0.15) is 6.61 Å². The topological polar surface area (TPSA) is 105 Å². The number of fused-ring (bicyclic) bond motifs is 3. The second kappa shape index (κ2) is 11.2. The highest BCUT2D eigenvalue weighted by molar-refractivity contribution is 7.99. The SMILES string of the molecule is CC(CCC(=O)NC1(CC(=O)O)CCSCC1)NC(=O)OCC1c2ccccc2-c2ccccc21. The highest BCUT2D eigenvalue weighted by atomic mass is 32.2. The van der Waals surface area contributed by atoms with Gasteiger partial charge in [-0.05, 0) is 59.9 Å². The number of carbonyl (C=O) groups excluding carboxylic acids is 2. The molecule has 3 N–H and O–H groups in total. The predicted octanol–water partition coefficient (Wildman–Crippen LogP) is 4.55. The van der Waals surface area contributed by atoms with Crippen LogP contribution in [0.15, 0.2) is 48.5 Å². The van der Waals surface area contributed by atoms with Crippen LogP contribution in [0.2, 0.25) is 0 Å². The van der Waals surface area contributed by atoms with Gasteiger partial charge in [0.05, 0.1) is 12.0 Å². The minimum Gasteiger partial charge on any atom is -0.481 e. The van der Waals surface area contributed by atoms with Gasteiger partial charge in [-0.25, -0.2) is 4.79 Å². The fourth-order valence-electron chi connectivity index (χ4n) is 5.02. The number of hydrogen-bond acceptors (Lipinski definition) is 5. The first-order chi connectivity index (χ1) is 16.9. The van der Waals surface area contributed by atoms with Crippen molar-refractivity contribution in [2.45, 2.75) is 56.5 Å². The third-order valence-electron chi connectivity index (χ3n) is 6.86. The van der Waals surface area contributed by atoms with Gasteiger partial charge in [-0.15, -0.1) is 0 Å². The molecule has 0 radical (unpaired) electrons. The summed E-state index contributed by atoms with van der Waals surface area (Å²) in [5.74, 6) is 0.593. The normalized spacial score (nSPS) is 17.1. The molecule has 2 aliphatic rings. The van der Waals surface area contributed by atoms with Crippen LogP contribution in [0.25, 0.3) is 11.1 Å². The largest absolute Gasteiger partial charge is 0.481 e. The van der Waals surface area contributed by atoms with E-state index in [4.69, 9.17) is 4.74 Å². The Morgan fingerprint density at radius 1 is 1.06 bits per heavy atom. The summed E-state index contributed by atoms with van der Waals surface area (Å²) in [5.41, 5.74) is 3.99. The highest BCUT2D eigenvalue weighted by Gasteiger charge is 2.36. The van der Waals surface area contributed by atoms with E-state index in [0.29, 0.717) is 19.3 Å². The summed E-state index contributed by atoms with van der Waals surface area (Å²) in [6, 6.07) is 16.1. The second-order valence-corrected chi connectivity index (χ2v) is 10.6. The second-order valence-electron chi connectivity index (χ2n) is 9.42. The maximum atomic E-state index is 12.6. The Hall–Kier alpha value is -3.00. The van der Waals surface area contributed by atoms with Crippen LogP contribution in [0.1, 0.15) is 56.1 Å². The molecule has 8 heteroatoms. The van der Waals surface area contributed by atoms with Crippen LogP contribution >= 0.6 is 11.8 Å². The van der Waals surface area contributed by atoms with Crippen LogP contribution in [0.3, 0.4) is 0 Å². The minimum absolute atomic E-state index is 0.00619. The molecule has 0 saturated carbocycles. The third-order valence-corrected chi connectivity index (χ3v) is 7.84. The molecule has 1 heterocycles. The van der Waals surface area contributed by atoms with Gasteiger partial charge in [0.2, 0.25) is 5.91 Å². The molecule has 1 saturated heterocycles. The van der Waals surface area contributed by atoms with Crippen LogP contribution < -0.4 is 10.6 Å². The molecule has 4 rings (SSSR count). The highest BCUT2D eigenvalue weighted by Crippen LogP contribution is 2.44. The van der Waals surface area contributed by atoms with Gasteiger partial charge >= 0.3 is 12.1 Å². The molecule has 186 valence electrons. The van der Waals surface area contributed by atoms with Gasteiger partial charge in [-0.2, -0.15) is 11.8 Å². The Bertz CT molecular complexity index is 1040. The molecule has 0 spiro atoms. The molecule has 0 bridgehead atoms. The standard InChI is InChI=1S/C27H32N2O5S/c1-18(10-11-24(30)29-27(16-25(31)32)12-14-35-15-13-27)28-26(33)34-17-23-21-8-4-2-6-19(21)20-7-3-5-9-22(20)23/h2-9,18,23H,10-17H2,1H3,(H,28,33)(H,29,30)(H,31,32). The number of carboxylic acid groups (broad SMARTS) is 1. The van der Waals surface area contributed by atoms with Gasteiger partial charge in [0.25, 0.3) is 0 Å². The monoisotopic (exact) mass is 496 g/mol.